The topological polar surface area (TPSA) is 66.8 Å². The van der Waals surface area contributed by atoms with Crippen LogP contribution in [0.5, 0.6) is 5.75 Å². The molecule has 0 spiro atoms. The SMILES string of the molecule is O=C(O)C1=Cc2cc(Cl)cc(CO)c2OC1F. The number of hydrogen-bond acceptors (Lipinski definition) is 3. The summed E-state index contributed by atoms with van der Waals surface area (Å²) in [6.07, 6.45) is -0.900. The number of aliphatic hydroxyl groups excluding tert-OH is 1. The summed E-state index contributed by atoms with van der Waals surface area (Å²) in [4.78, 5) is 10.7. The van der Waals surface area contributed by atoms with Crippen molar-refractivity contribution < 1.29 is 24.1 Å². The molecule has 1 aliphatic heterocycles. The van der Waals surface area contributed by atoms with E-state index in [1.54, 1.807) is 0 Å². The second-order valence-corrected chi connectivity index (χ2v) is 3.92. The number of halogens is 2. The quantitative estimate of drug-likeness (QED) is 0.851. The van der Waals surface area contributed by atoms with E-state index in [4.69, 9.17) is 26.6 Å². The van der Waals surface area contributed by atoms with Crippen LogP contribution in [0.2, 0.25) is 5.02 Å². The molecular weight excluding hydrogens is 251 g/mol. The fourth-order valence-corrected chi connectivity index (χ4v) is 1.85. The first-order chi connectivity index (χ1) is 8.02. The van der Waals surface area contributed by atoms with E-state index in [1.807, 2.05) is 0 Å². The van der Waals surface area contributed by atoms with Crippen molar-refractivity contribution >= 4 is 23.6 Å². The largest absolute Gasteiger partial charge is 0.478 e. The molecule has 1 aromatic carbocycles. The zero-order chi connectivity index (χ0) is 12.6. The number of aliphatic hydroxyl groups is 1. The minimum absolute atomic E-state index is 0.120. The van der Waals surface area contributed by atoms with Gasteiger partial charge in [-0.25, -0.2) is 4.79 Å². The molecule has 4 nitrogen and oxygen atoms in total. The molecule has 90 valence electrons. The zero-order valence-corrected chi connectivity index (χ0v) is 9.24. The van der Waals surface area contributed by atoms with E-state index in [2.05, 4.69) is 0 Å². The highest BCUT2D eigenvalue weighted by atomic mass is 35.5. The molecule has 1 aliphatic rings. The number of aliphatic carboxylic acids is 1. The van der Waals surface area contributed by atoms with Gasteiger partial charge in [-0.1, -0.05) is 11.6 Å². The predicted octanol–water partition coefficient (Wildman–Crippen LogP) is 1.99. The standard InChI is InChI=1S/C11H8ClFO4/c12-7-1-5-3-8(11(15)16)10(13)17-9(5)6(2-7)4-14/h1-3,10,14H,4H2,(H,15,16). The van der Waals surface area contributed by atoms with Crippen LogP contribution in [0.4, 0.5) is 4.39 Å². The molecule has 0 aromatic heterocycles. The highest BCUT2D eigenvalue weighted by Gasteiger charge is 2.28. The van der Waals surface area contributed by atoms with Crippen molar-refractivity contribution in [3.8, 4) is 5.75 Å². The minimum atomic E-state index is -2.05. The maximum absolute atomic E-state index is 13.4. The Balaban J connectivity index is 2.59. The highest BCUT2D eigenvalue weighted by Crippen LogP contribution is 2.36. The number of alkyl halides is 1. The molecule has 1 aromatic rings. The molecule has 0 aliphatic carbocycles. The number of hydrogen-bond donors (Lipinski definition) is 2. The van der Waals surface area contributed by atoms with E-state index in [9.17, 15) is 9.18 Å². The summed E-state index contributed by atoms with van der Waals surface area (Å²) < 4.78 is 18.3. The van der Waals surface area contributed by atoms with Crippen molar-refractivity contribution in [2.24, 2.45) is 0 Å². The molecule has 0 amide bonds. The van der Waals surface area contributed by atoms with Crippen LogP contribution in [0.25, 0.3) is 6.08 Å². The van der Waals surface area contributed by atoms with Gasteiger partial charge >= 0.3 is 5.97 Å². The van der Waals surface area contributed by atoms with Crippen LogP contribution >= 0.6 is 11.6 Å². The van der Waals surface area contributed by atoms with Crippen LogP contribution in [0.3, 0.4) is 0 Å². The van der Waals surface area contributed by atoms with Gasteiger partial charge in [0.15, 0.2) is 0 Å². The van der Waals surface area contributed by atoms with Gasteiger partial charge in [-0.2, -0.15) is 4.39 Å². The van der Waals surface area contributed by atoms with Gasteiger partial charge in [0, 0.05) is 16.1 Å². The smallest absolute Gasteiger partial charge is 0.338 e. The lowest BCUT2D eigenvalue weighted by atomic mass is 10.0. The summed E-state index contributed by atoms with van der Waals surface area (Å²) in [7, 11) is 0. The molecule has 0 radical (unpaired) electrons. The minimum Gasteiger partial charge on any atom is -0.478 e. The Kier molecular flexibility index (Phi) is 3.04. The number of ether oxygens (including phenoxy) is 1. The Labute approximate surface area is 101 Å². The average Bonchev–Trinajstić information content (AvgIpc) is 2.27. The third-order valence-electron chi connectivity index (χ3n) is 2.35. The first-order valence-corrected chi connectivity index (χ1v) is 5.09. The van der Waals surface area contributed by atoms with E-state index in [-0.39, 0.29) is 12.4 Å². The van der Waals surface area contributed by atoms with Gasteiger partial charge in [0.05, 0.1) is 6.61 Å². The van der Waals surface area contributed by atoms with Crippen LogP contribution < -0.4 is 4.74 Å². The van der Waals surface area contributed by atoms with Crippen LogP contribution in [0.1, 0.15) is 11.1 Å². The van der Waals surface area contributed by atoms with E-state index in [1.165, 1.54) is 12.1 Å². The fraction of sp³-hybridized carbons (Fsp3) is 0.182. The maximum Gasteiger partial charge on any atom is 0.338 e. The first kappa shape index (κ1) is 11.9. The molecule has 2 N–H and O–H groups in total. The lowest BCUT2D eigenvalue weighted by molar-refractivity contribution is -0.134. The third-order valence-corrected chi connectivity index (χ3v) is 2.57. The number of carbonyl (C=O) groups is 1. The molecule has 1 unspecified atom stereocenters. The van der Waals surface area contributed by atoms with Crippen molar-refractivity contribution in [1.29, 1.82) is 0 Å². The van der Waals surface area contributed by atoms with E-state index >= 15 is 0 Å². The Morgan fingerprint density at radius 1 is 1.53 bits per heavy atom. The van der Waals surface area contributed by atoms with Crippen molar-refractivity contribution in [2.75, 3.05) is 0 Å². The fourth-order valence-electron chi connectivity index (χ4n) is 1.60. The van der Waals surface area contributed by atoms with Crippen LogP contribution in [0.15, 0.2) is 17.7 Å². The van der Waals surface area contributed by atoms with E-state index in [0.717, 1.165) is 6.08 Å². The second kappa shape index (κ2) is 4.35. The lowest BCUT2D eigenvalue weighted by Crippen LogP contribution is -2.23. The van der Waals surface area contributed by atoms with Gasteiger partial charge in [0.2, 0.25) is 0 Å². The van der Waals surface area contributed by atoms with Crippen LogP contribution in [0, 0.1) is 0 Å². The molecule has 17 heavy (non-hydrogen) atoms. The van der Waals surface area contributed by atoms with Gasteiger partial charge in [-0.3, -0.25) is 0 Å². The van der Waals surface area contributed by atoms with Gasteiger partial charge in [-0.15, -0.1) is 0 Å². The Morgan fingerprint density at radius 2 is 2.24 bits per heavy atom. The summed E-state index contributed by atoms with van der Waals surface area (Å²) in [6, 6.07) is 2.89. The monoisotopic (exact) mass is 258 g/mol. The summed E-state index contributed by atoms with van der Waals surface area (Å²) in [5.74, 6) is -1.27. The van der Waals surface area contributed by atoms with Gasteiger partial charge < -0.3 is 14.9 Å². The summed E-state index contributed by atoms with van der Waals surface area (Å²) in [5.41, 5.74) is 0.160. The molecule has 1 atom stereocenters. The summed E-state index contributed by atoms with van der Waals surface area (Å²) >= 11 is 5.79. The van der Waals surface area contributed by atoms with Crippen molar-refractivity contribution in [3.63, 3.8) is 0 Å². The molecule has 2 rings (SSSR count). The first-order valence-electron chi connectivity index (χ1n) is 4.72. The molecule has 0 saturated carbocycles. The Hall–Kier alpha value is -1.59. The Morgan fingerprint density at radius 3 is 2.82 bits per heavy atom. The summed E-state index contributed by atoms with van der Waals surface area (Å²) in [6.45, 7) is -0.369. The molecule has 0 fully saturated rings. The van der Waals surface area contributed by atoms with Crippen LogP contribution in [-0.2, 0) is 11.4 Å². The zero-order valence-electron chi connectivity index (χ0n) is 8.48. The summed E-state index contributed by atoms with van der Waals surface area (Å²) in [5, 5.41) is 18.2. The lowest BCUT2D eigenvalue weighted by Gasteiger charge is -2.21. The molecular formula is C11H8ClFO4. The molecule has 0 saturated heterocycles. The average molecular weight is 259 g/mol. The number of rotatable bonds is 2. The predicted molar refractivity (Wildman–Crippen MR) is 58.5 cm³/mol. The number of carboxylic acids is 1. The highest BCUT2D eigenvalue weighted by molar-refractivity contribution is 6.30. The number of benzene rings is 1. The van der Waals surface area contributed by atoms with E-state index in [0.29, 0.717) is 16.1 Å². The molecule has 6 heteroatoms. The van der Waals surface area contributed by atoms with Gasteiger partial charge in [0.1, 0.15) is 11.3 Å². The maximum atomic E-state index is 13.4. The van der Waals surface area contributed by atoms with Gasteiger partial charge in [0.25, 0.3) is 6.36 Å². The number of carboxylic acid groups (broad SMARTS) is 1. The Bertz CT molecular complexity index is 512. The van der Waals surface area contributed by atoms with Crippen molar-refractivity contribution in [3.05, 3.63) is 33.9 Å². The molecule has 0 bridgehead atoms. The van der Waals surface area contributed by atoms with Crippen molar-refractivity contribution in [1.82, 2.24) is 0 Å². The third kappa shape index (κ3) is 2.11. The molecule has 1 heterocycles. The second-order valence-electron chi connectivity index (χ2n) is 3.48. The van der Waals surface area contributed by atoms with Crippen LogP contribution in [-0.4, -0.2) is 22.5 Å². The van der Waals surface area contributed by atoms with Crippen molar-refractivity contribution in [2.45, 2.75) is 13.0 Å². The normalized spacial score (nSPS) is 18.1. The van der Waals surface area contributed by atoms with E-state index < -0.39 is 17.9 Å². The van der Waals surface area contributed by atoms with Gasteiger partial charge in [-0.05, 0) is 18.2 Å². The number of fused-ring (bicyclic) bond motifs is 1.